The molecule has 5 nitrogen and oxygen atoms in total. The summed E-state index contributed by atoms with van der Waals surface area (Å²) in [6, 6.07) is 10.7. The summed E-state index contributed by atoms with van der Waals surface area (Å²) in [6.45, 7) is 4.47. The Hall–Kier alpha value is -3.15. The normalized spacial score (nSPS) is 14.4. The average molecular weight is 364 g/mol. The highest BCUT2D eigenvalue weighted by Gasteiger charge is 2.24. The largest absolute Gasteiger partial charge is 0.367 e. The lowest BCUT2D eigenvalue weighted by atomic mass is 10.1. The van der Waals surface area contributed by atoms with Gasteiger partial charge in [0.1, 0.15) is 11.6 Å². The van der Waals surface area contributed by atoms with Crippen molar-refractivity contribution in [3.05, 3.63) is 71.9 Å². The first-order chi connectivity index (χ1) is 13.1. The zero-order valence-corrected chi connectivity index (χ0v) is 15.2. The number of amides is 1. The Morgan fingerprint density at radius 2 is 1.89 bits per heavy atom. The maximum absolute atomic E-state index is 14.5. The molecular formula is C21H21FN4O. The Bertz CT molecular complexity index is 929. The summed E-state index contributed by atoms with van der Waals surface area (Å²) in [6.07, 6.45) is 5.43. The van der Waals surface area contributed by atoms with Gasteiger partial charge in [-0.2, -0.15) is 0 Å². The highest BCUT2D eigenvalue weighted by atomic mass is 19.1. The van der Waals surface area contributed by atoms with Gasteiger partial charge in [0, 0.05) is 44.8 Å². The number of nitrogens with zero attached hydrogens (tertiary/aromatic N) is 3. The molecule has 0 radical (unpaired) electrons. The van der Waals surface area contributed by atoms with E-state index >= 15 is 0 Å². The molecule has 0 spiro atoms. The number of piperazine rings is 1. The predicted molar refractivity (Wildman–Crippen MR) is 103 cm³/mol. The van der Waals surface area contributed by atoms with Crippen molar-refractivity contribution >= 4 is 11.7 Å². The van der Waals surface area contributed by atoms with Crippen molar-refractivity contribution in [1.82, 2.24) is 14.9 Å². The van der Waals surface area contributed by atoms with Crippen molar-refractivity contribution in [1.29, 1.82) is 0 Å². The Kier molecular flexibility index (Phi) is 4.62. The van der Waals surface area contributed by atoms with Crippen molar-refractivity contribution in [2.24, 2.45) is 0 Å². The first kappa shape index (κ1) is 17.3. The van der Waals surface area contributed by atoms with E-state index in [1.54, 1.807) is 29.4 Å². The third-order valence-electron chi connectivity index (χ3n) is 4.92. The maximum atomic E-state index is 14.5. The first-order valence-electron chi connectivity index (χ1n) is 9.01. The van der Waals surface area contributed by atoms with Gasteiger partial charge in [0.25, 0.3) is 5.91 Å². The molecule has 4 rings (SSSR count). The summed E-state index contributed by atoms with van der Waals surface area (Å²) in [4.78, 5) is 24.0. The highest BCUT2D eigenvalue weighted by molar-refractivity contribution is 5.95. The number of nitrogens with one attached hydrogen (secondary N) is 1. The zero-order chi connectivity index (χ0) is 18.8. The van der Waals surface area contributed by atoms with Crippen molar-refractivity contribution in [3.8, 4) is 11.1 Å². The second-order valence-electron chi connectivity index (χ2n) is 6.77. The average Bonchev–Trinajstić information content (AvgIpc) is 3.23. The van der Waals surface area contributed by atoms with Crippen LogP contribution >= 0.6 is 0 Å². The predicted octanol–water partition coefficient (Wildman–Crippen LogP) is 3.49. The molecule has 138 valence electrons. The van der Waals surface area contributed by atoms with Crippen LogP contribution in [0, 0.1) is 12.7 Å². The number of carbonyl (C=O) groups excluding carboxylic acids is 1. The minimum Gasteiger partial charge on any atom is -0.367 e. The van der Waals surface area contributed by atoms with E-state index in [1.165, 1.54) is 6.07 Å². The molecule has 0 bridgehead atoms. The Balaban J connectivity index is 1.44. The number of rotatable bonds is 3. The van der Waals surface area contributed by atoms with Crippen molar-refractivity contribution in [2.45, 2.75) is 6.92 Å². The summed E-state index contributed by atoms with van der Waals surface area (Å²) < 4.78 is 14.5. The van der Waals surface area contributed by atoms with Crippen LogP contribution in [-0.2, 0) is 0 Å². The van der Waals surface area contributed by atoms with E-state index in [9.17, 15) is 9.18 Å². The molecule has 2 aromatic heterocycles. The molecule has 27 heavy (non-hydrogen) atoms. The van der Waals surface area contributed by atoms with Gasteiger partial charge in [-0.3, -0.25) is 4.79 Å². The van der Waals surface area contributed by atoms with Crippen LogP contribution in [0.25, 0.3) is 11.1 Å². The molecule has 6 heteroatoms. The summed E-state index contributed by atoms with van der Waals surface area (Å²) in [5, 5.41) is 0. The molecule has 0 atom stereocenters. The monoisotopic (exact) mass is 364 g/mol. The number of hydrogen-bond donors (Lipinski definition) is 1. The van der Waals surface area contributed by atoms with Crippen molar-refractivity contribution in [2.75, 3.05) is 31.1 Å². The van der Waals surface area contributed by atoms with Gasteiger partial charge in [-0.15, -0.1) is 0 Å². The van der Waals surface area contributed by atoms with E-state index in [4.69, 9.17) is 0 Å². The topological polar surface area (TPSA) is 52.2 Å². The Morgan fingerprint density at radius 3 is 2.52 bits per heavy atom. The van der Waals surface area contributed by atoms with Gasteiger partial charge in [0.05, 0.1) is 5.56 Å². The molecule has 0 aliphatic carbocycles. The second-order valence-corrected chi connectivity index (χ2v) is 6.77. The number of aromatic nitrogens is 2. The fourth-order valence-corrected chi connectivity index (χ4v) is 3.33. The molecular weight excluding hydrogens is 343 g/mol. The van der Waals surface area contributed by atoms with Gasteiger partial charge in [-0.05, 0) is 47.9 Å². The van der Waals surface area contributed by atoms with E-state index in [0.29, 0.717) is 26.2 Å². The molecule has 1 aliphatic heterocycles. The lowest BCUT2D eigenvalue weighted by molar-refractivity contribution is 0.0742. The van der Waals surface area contributed by atoms with Crippen LogP contribution in [-0.4, -0.2) is 47.0 Å². The number of hydrogen-bond acceptors (Lipinski definition) is 3. The molecule has 3 aromatic rings. The molecule has 1 amide bonds. The van der Waals surface area contributed by atoms with E-state index in [0.717, 1.165) is 22.5 Å². The molecule has 1 N–H and O–H groups in total. The lowest BCUT2D eigenvalue weighted by Crippen LogP contribution is -2.49. The van der Waals surface area contributed by atoms with E-state index < -0.39 is 5.82 Å². The summed E-state index contributed by atoms with van der Waals surface area (Å²) in [5.41, 5.74) is 2.88. The van der Waals surface area contributed by atoms with Crippen LogP contribution < -0.4 is 4.90 Å². The summed E-state index contributed by atoms with van der Waals surface area (Å²) >= 11 is 0. The third kappa shape index (κ3) is 3.56. The standard InChI is InChI=1S/C21H21FN4O/c1-15-2-5-20(24-13-15)25-8-10-26(11-9-25)21(27)18-4-3-16(12-19(18)22)17-6-7-23-14-17/h2-7,12-14,23H,8-11H2,1H3. The zero-order valence-electron chi connectivity index (χ0n) is 15.2. The number of anilines is 1. The molecule has 3 heterocycles. The molecule has 1 fully saturated rings. The van der Waals surface area contributed by atoms with Crippen LogP contribution in [0.1, 0.15) is 15.9 Å². The van der Waals surface area contributed by atoms with Crippen LogP contribution in [0.15, 0.2) is 55.0 Å². The number of H-pyrrole nitrogens is 1. The minimum absolute atomic E-state index is 0.121. The Morgan fingerprint density at radius 1 is 1.07 bits per heavy atom. The number of aryl methyl sites for hydroxylation is 1. The van der Waals surface area contributed by atoms with Crippen LogP contribution in [0.2, 0.25) is 0 Å². The molecule has 1 aromatic carbocycles. The molecule has 1 aliphatic rings. The lowest BCUT2D eigenvalue weighted by Gasteiger charge is -2.35. The first-order valence-corrected chi connectivity index (χ1v) is 9.01. The maximum Gasteiger partial charge on any atom is 0.256 e. The van der Waals surface area contributed by atoms with Gasteiger partial charge in [0.15, 0.2) is 0 Å². The van der Waals surface area contributed by atoms with Gasteiger partial charge in [0.2, 0.25) is 0 Å². The molecule has 0 unspecified atom stereocenters. The van der Waals surface area contributed by atoms with Gasteiger partial charge < -0.3 is 14.8 Å². The summed E-state index contributed by atoms with van der Waals surface area (Å²) in [7, 11) is 0. The number of pyridine rings is 1. The van der Waals surface area contributed by atoms with Crippen LogP contribution in [0.3, 0.4) is 0 Å². The fourth-order valence-electron chi connectivity index (χ4n) is 3.33. The van der Waals surface area contributed by atoms with Gasteiger partial charge >= 0.3 is 0 Å². The third-order valence-corrected chi connectivity index (χ3v) is 4.92. The number of benzene rings is 1. The van der Waals surface area contributed by atoms with Crippen molar-refractivity contribution in [3.63, 3.8) is 0 Å². The van der Waals surface area contributed by atoms with Crippen LogP contribution in [0.4, 0.5) is 10.2 Å². The Labute approximate surface area is 157 Å². The summed E-state index contributed by atoms with van der Waals surface area (Å²) in [5.74, 6) is 0.167. The van der Waals surface area contributed by atoms with E-state index in [-0.39, 0.29) is 11.5 Å². The number of halogens is 1. The minimum atomic E-state index is -0.485. The second kappa shape index (κ2) is 7.23. The molecule has 1 saturated heterocycles. The molecule has 0 saturated carbocycles. The number of aromatic amines is 1. The fraction of sp³-hybridized carbons (Fsp3) is 0.238. The highest BCUT2D eigenvalue weighted by Crippen LogP contribution is 2.23. The van der Waals surface area contributed by atoms with Gasteiger partial charge in [-0.25, -0.2) is 9.37 Å². The SMILES string of the molecule is Cc1ccc(N2CCN(C(=O)c3ccc(-c4cc[nH]c4)cc3F)CC2)nc1. The van der Waals surface area contributed by atoms with E-state index in [2.05, 4.69) is 14.9 Å². The smallest absolute Gasteiger partial charge is 0.256 e. The number of carbonyl (C=O) groups is 1. The van der Waals surface area contributed by atoms with Gasteiger partial charge in [-0.1, -0.05) is 12.1 Å². The van der Waals surface area contributed by atoms with Crippen LogP contribution in [0.5, 0.6) is 0 Å². The van der Waals surface area contributed by atoms with E-state index in [1.807, 2.05) is 31.3 Å². The van der Waals surface area contributed by atoms with Crippen molar-refractivity contribution < 1.29 is 9.18 Å². The quantitative estimate of drug-likeness (QED) is 0.774.